The molecular weight excluding hydrogens is 196 g/mol. The van der Waals surface area contributed by atoms with Crippen LogP contribution in [0, 0.1) is 0 Å². The minimum Gasteiger partial charge on any atom is -0.282 e. The molecule has 0 aromatic heterocycles. The van der Waals surface area contributed by atoms with E-state index in [-0.39, 0.29) is 10.6 Å². The van der Waals surface area contributed by atoms with Crippen molar-refractivity contribution < 1.29 is 13.0 Å². The highest BCUT2D eigenvalue weighted by Crippen LogP contribution is 2.16. The van der Waals surface area contributed by atoms with Crippen LogP contribution in [-0.4, -0.2) is 13.0 Å². The van der Waals surface area contributed by atoms with E-state index in [0.29, 0.717) is 5.56 Å². The summed E-state index contributed by atoms with van der Waals surface area (Å²) in [6.07, 6.45) is 0. The average Bonchev–Trinajstić information content (AvgIpc) is 2.03. The third kappa shape index (κ3) is 2.00. The molecular formula is C7H8O3S2. The van der Waals surface area contributed by atoms with E-state index in [9.17, 15) is 8.42 Å². The van der Waals surface area contributed by atoms with Crippen LogP contribution in [0.3, 0.4) is 0 Å². The van der Waals surface area contributed by atoms with Gasteiger partial charge < -0.3 is 0 Å². The van der Waals surface area contributed by atoms with Crippen molar-refractivity contribution in [3.8, 4) is 0 Å². The Balaban J connectivity index is 3.33. The summed E-state index contributed by atoms with van der Waals surface area (Å²) in [5.74, 6) is 0.288. The molecule has 1 N–H and O–H groups in total. The molecule has 0 aliphatic rings. The molecule has 1 aromatic carbocycles. The Morgan fingerprint density at radius 3 is 2.33 bits per heavy atom. The Bertz CT molecular complexity index is 370. The number of hydrogen-bond donors (Lipinski definition) is 2. The van der Waals surface area contributed by atoms with Gasteiger partial charge >= 0.3 is 0 Å². The molecule has 0 saturated carbocycles. The van der Waals surface area contributed by atoms with Crippen molar-refractivity contribution in [3.63, 3.8) is 0 Å². The molecule has 12 heavy (non-hydrogen) atoms. The maximum Gasteiger partial charge on any atom is 0.294 e. The Morgan fingerprint density at radius 1 is 1.33 bits per heavy atom. The SMILES string of the molecule is O=S(=O)(O)c1ccccc1CS. The van der Waals surface area contributed by atoms with Gasteiger partial charge in [-0.1, -0.05) is 18.2 Å². The highest BCUT2D eigenvalue weighted by atomic mass is 32.2. The topological polar surface area (TPSA) is 54.4 Å². The zero-order chi connectivity index (χ0) is 9.19. The summed E-state index contributed by atoms with van der Waals surface area (Å²) in [6, 6.07) is 6.20. The molecule has 1 aromatic rings. The van der Waals surface area contributed by atoms with Crippen LogP contribution in [0.2, 0.25) is 0 Å². The molecule has 0 amide bonds. The van der Waals surface area contributed by atoms with E-state index in [1.807, 2.05) is 0 Å². The molecule has 0 bridgehead atoms. The molecule has 0 radical (unpaired) electrons. The lowest BCUT2D eigenvalue weighted by molar-refractivity contribution is 0.482. The molecule has 0 aliphatic heterocycles. The van der Waals surface area contributed by atoms with E-state index in [4.69, 9.17) is 4.55 Å². The summed E-state index contributed by atoms with van der Waals surface area (Å²) in [5.41, 5.74) is 0.503. The third-order valence-corrected chi connectivity index (χ3v) is 2.72. The minimum atomic E-state index is -4.09. The fourth-order valence-corrected chi connectivity index (χ4v) is 1.99. The molecule has 5 heteroatoms. The number of thiol groups is 1. The highest BCUT2D eigenvalue weighted by Gasteiger charge is 2.12. The van der Waals surface area contributed by atoms with Crippen molar-refractivity contribution in [2.45, 2.75) is 10.6 Å². The summed E-state index contributed by atoms with van der Waals surface area (Å²) in [7, 11) is -4.09. The van der Waals surface area contributed by atoms with E-state index in [1.54, 1.807) is 18.2 Å². The summed E-state index contributed by atoms with van der Waals surface area (Å²) >= 11 is 3.94. The largest absolute Gasteiger partial charge is 0.294 e. The zero-order valence-corrected chi connectivity index (χ0v) is 7.85. The van der Waals surface area contributed by atoms with Gasteiger partial charge in [-0.25, -0.2) is 0 Å². The molecule has 0 unspecified atom stereocenters. The van der Waals surface area contributed by atoms with Crippen LogP contribution in [0.25, 0.3) is 0 Å². The lowest BCUT2D eigenvalue weighted by atomic mass is 10.2. The Morgan fingerprint density at radius 2 is 1.92 bits per heavy atom. The lowest BCUT2D eigenvalue weighted by Crippen LogP contribution is -2.01. The fourth-order valence-electron chi connectivity index (χ4n) is 0.886. The van der Waals surface area contributed by atoms with Crippen molar-refractivity contribution in [1.29, 1.82) is 0 Å². The fraction of sp³-hybridized carbons (Fsp3) is 0.143. The van der Waals surface area contributed by atoms with Crippen LogP contribution < -0.4 is 0 Å². The molecule has 3 nitrogen and oxygen atoms in total. The van der Waals surface area contributed by atoms with Gasteiger partial charge in [0.25, 0.3) is 10.1 Å². The van der Waals surface area contributed by atoms with Crippen molar-refractivity contribution in [2.24, 2.45) is 0 Å². The van der Waals surface area contributed by atoms with E-state index >= 15 is 0 Å². The minimum absolute atomic E-state index is 0.0694. The van der Waals surface area contributed by atoms with Gasteiger partial charge in [0.05, 0.1) is 4.90 Å². The summed E-state index contributed by atoms with van der Waals surface area (Å²) in [5, 5.41) is 0. The second-order valence-electron chi connectivity index (χ2n) is 2.24. The van der Waals surface area contributed by atoms with Crippen LogP contribution in [0.1, 0.15) is 5.56 Å². The van der Waals surface area contributed by atoms with Crippen LogP contribution in [0.5, 0.6) is 0 Å². The van der Waals surface area contributed by atoms with Crippen molar-refractivity contribution in [3.05, 3.63) is 29.8 Å². The molecule has 0 aliphatic carbocycles. The predicted molar refractivity (Wildman–Crippen MR) is 48.9 cm³/mol. The highest BCUT2D eigenvalue weighted by molar-refractivity contribution is 7.86. The number of rotatable bonds is 2. The summed E-state index contributed by atoms with van der Waals surface area (Å²) < 4.78 is 30.2. The second-order valence-corrected chi connectivity index (χ2v) is 3.95. The summed E-state index contributed by atoms with van der Waals surface area (Å²) in [4.78, 5) is -0.0694. The predicted octanol–water partition coefficient (Wildman–Crippen LogP) is 1.36. The van der Waals surface area contributed by atoms with E-state index in [1.165, 1.54) is 6.07 Å². The van der Waals surface area contributed by atoms with Crippen molar-refractivity contribution in [2.75, 3.05) is 0 Å². The quantitative estimate of drug-likeness (QED) is 0.565. The van der Waals surface area contributed by atoms with Gasteiger partial charge in [0, 0.05) is 5.75 Å². The maximum atomic E-state index is 10.7. The molecule has 0 saturated heterocycles. The van der Waals surface area contributed by atoms with E-state index in [0.717, 1.165) is 0 Å². The van der Waals surface area contributed by atoms with Gasteiger partial charge in [0.1, 0.15) is 0 Å². The van der Waals surface area contributed by atoms with E-state index in [2.05, 4.69) is 12.6 Å². The normalized spacial score (nSPS) is 11.5. The first-order valence-corrected chi connectivity index (χ1v) is 5.29. The smallest absolute Gasteiger partial charge is 0.282 e. The molecule has 0 atom stereocenters. The third-order valence-electron chi connectivity index (χ3n) is 1.42. The lowest BCUT2D eigenvalue weighted by Gasteiger charge is -2.01. The van der Waals surface area contributed by atoms with Gasteiger partial charge in [-0.3, -0.25) is 4.55 Å². The maximum absolute atomic E-state index is 10.7. The summed E-state index contributed by atoms with van der Waals surface area (Å²) in [6.45, 7) is 0. The van der Waals surface area contributed by atoms with Crippen LogP contribution in [0.15, 0.2) is 29.2 Å². The zero-order valence-electron chi connectivity index (χ0n) is 6.14. The van der Waals surface area contributed by atoms with Crippen molar-refractivity contribution in [1.82, 2.24) is 0 Å². The Labute approximate surface area is 76.6 Å². The molecule has 1 rings (SSSR count). The van der Waals surface area contributed by atoms with Gasteiger partial charge in [-0.2, -0.15) is 21.0 Å². The first-order valence-electron chi connectivity index (χ1n) is 3.22. The Hall–Kier alpha value is -0.520. The molecule has 66 valence electrons. The van der Waals surface area contributed by atoms with Gasteiger partial charge in [0.2, 0.25) is 0 Å². The van der Waals surface area contributed by atoms with Gasteiger partial charge in [-0.05, 0) is 11.6 Å². The molecule has 0 fully saturated rings. The monoisotopic (exact) mass is 204 g/mol. The average molecular weight is 204 g/mol. The Kier molecular flexibility index (Phi) is 2.76. The molecule has 0 heterocycles. The van der Waals surface area contributed by atoms with Gasteiger partial charge in [0.15, 0.2) is 0 Å². The van der Waals surface area contributed by atoms with Crippen LogP contribution in [-0.2, 0) is 15.9 Å². The molecule has 0 spiro atoms. The second kappa shape index (κ2) is 3.47. The van der Waals surface area contributed by atoms with E-state index < -0.39 is 10.1 Å². The first kappa shape index (κ1) is 9.57. The van der Waals surface area contributed by atoms with Crippen molar-refractivity contribution >= 4 is 22.7 Å². The van der Waals surface area contributed by atoms with Crippen LogP contribution >= 0.6 is 12.6 Å². The standard InChI is InChI=1S/C7H8O3S2/c8-12(9,10)7-4-2-1-3-6(7)5-11/h1-4,11H,5H2,(H,8,9,10). The van der Waals surface area contributed by atoms with Gasteiger partial charge in [-0.15, -0.1) is 0 Å². The van der Waals surface area contributed by atoms with Crippen LogP contribution in [0.4, 0.5) is 0 Å². The number of benzene rings is 1. The first-order chi connectivity index (χ1) is 5.55. The number of hydrogen-bond acceptors (Lipinski definition) is 3.